The van der Waals surface area contributed by atoms with E-state index in [0.29, 0.717) is 6.42 Å². The summed E-state index contributed by atoms with van der Waals surface area (Å²) in [6.07, 6.45) is 9.12. The third-order valence-corrected chi connectivity index (χ3v) is 2.93. The minimum atomic E-state index is -0.706. The minimum absolute atomic E-state index is 0.139. The molecular formula is C11H16O2. The molecule has 2 atom stereocenters. The van der Waals surface area contributed by atoms with E-state index >= 15 is 0 Å². The summed E-state index contributed by atoms with van der Waals surface area (Å²) < 4.78 is 0. The van der Waals surface area contributed by atoms with Gasteiger partial charge in [0.05, 0.1) is 5.41 Å². The van der Waals surface area contributed by atoms with Crippen LogP contribution in [0.2, 0.25) is 0 Å². The molecule has 0 heterocycles. The van der Waals surface area contributed by atoms with Crippen molar-refractivity contribution in [2.45, 2.75) is 26.7 Å². The predicted octanol–water partition coefficient (Wildman–Crippen LogP) is 2.62. The van der Waals surface area contributed by atoms with Crippen molar-refractivity contribution in [1.29, 1.82) is 0 Å². The molecule has 0 saturated heterocycles. The van der Waals surface area contributed by atoms with Gasteiger partial charge in [-0.15, -0.1) is 0 Å². The van der Waals surface area contributed by atoms with Crippen LogP contribution >= 0.6 is 0 Å². The van der Waals surface area contributed by atoms with Crippen LogP contribution in [0.4, 0.5) is 0 Å². The zero-order valence-electron chi connectivity index (χ0n) is 8.16. The lowest BCUT2D eigenvalue weighted by Gasteiger charge is -2.33. The summed E-state index contributed by atoms with van der Waals surface area (Å²) in [4.78, 5) is 11.2. The molecule has 0 amide bonds. The van der Waals surface area contributed by atoms with Crippen LogP contribution < -0.4 is 0 Å². The van der Waals surface area contributed by atoms with E-state index in [9.17, 15) is 9.90 Å². The Morgan fingerprint density at radius 1 is 1.46 bits per heavy atom. The number of carbonyl (C=O) groups is 1. The SMILES string of the molecule is CCC1C=CC=CC1(CC)C(=O)O. The second-order valence-corrected chi connectivity index (χ2v) is 3.46. The summed E-state index contributed by atoms with van der Waals surface area (Å²) >= 11 is 0. The zero-order valence-corrected chi connectivity index (χ0v) is 8.16. The van der Waals surface area contributed by atoms with E-state index in [2.05, 4.69) is 0 Å². The van der Waals surface area contributed by atoms with Gasteiger partial charge in [-0.1, -0.05) is 38.2 Å². The molecule has 13 heavy (non-hydrogen) atoms. The second kappa shape index (κ2) is 3.77. The quantitative estimate of drug-likeness (QED) is 0.724. The van der Waals surface area contributed by atoms with Crippen molar-refractivity contribution in [3.8, 4) is 0 Å². The summed E-state index contributed by atoms with van der Waals surface area (Å²) in [6.45, 7) is 3.96. The van der Waals surface area contributed by atoms with Crippen LogP contribution in [-0.4, -0.2) is 11.1 Å². The number of allylic oxidation sites excluding steroid dienone is 3. The number of rotatable bonds is 3. The van der Waals surface area contributed by atoms with Crippen LogP contribution in [-0.2, 0) is 4.79 Å². The van der Waals surface area contributed by atoms with Crippen LogP contribution in [0.5, 0.6) is 0 Å². The minimum Gasteiger partial charge on any atom is -0.481 e. The summed E-state index contributed by atoms with van der Waals surface area (Å²) in [6, 6.07) is 0. The molecule has 0 radical (unpaired) electrons. The topological polar surface area (TPSA) is 37.3 Å². The van der Waals surface area contributed by atoms with Gasteiger partial charge in [0.1, 0.15) is 0 Å². The van der Waals surface area contributed by atoms with E-state index in [1.807, 2.05) is 38.2 Å². The fraction of sp³-hybridized carbons (Fsp3) is 0.545. The molecule has 72 valence electrons. The van der Waals surface area contributed by atoms with Crippen molar-refractivity contribution in [1.82, 2.24) is 0 Å². The van der Waals surface area contributed by atoms with Crippen LogP contribution in [0.15, 0.2) is 24.3 Å². The predicted molar refractivity (Wildman–Crippen MR) is 52.4 cm³/mol. The summed E-state index contributed by atoms with van der Waals surface area (Å²) in [5.74, 6) is -0.567. The number of hydrogen-bond donors (Lipinski definition) is 1. The third kappa shape index (κ3) is 1.53. The normalized spacial score (nSPS) is 32.0. The summed E-state index contributed by atoms with van der Waals surface area (Å²) in [7, 11) is 0. The molecule has 0 aliphatic heterocycles. The first-order valence-corrected chi connectivity index (χ1v) is 4.76. The molecule has 1 aliphatic rings. The Kier molecular flexibility index (Phi) is 2.91. The highest BCUT2D eigenvalue weighted by Gasteiger charge is 2.40. The fourth-order valence-electron chi connectivity index (χ4n) is 1.98. The Labute approximate surface area is 79.0 Å². The summed E-state index contributed by atoms with van der Waals surface area (Å²) in [5.41, 5.74) is -0.663. The maximum absolute atomic E-state index is 11.2. The van der Waals surface area contributed by atoms with Gasteiger partial charge in [-0.25, -0.2) is 0 Å². The third-order valence-electron chi connectivity index (χ3n) is 2.93. The molecule has 1 N–H and O–H groups in total. The maximum Gasteiger partial charge on any atom is 0.314 e. The van der Waals surface area contributed by atoms with E-state index in [1.165, 1.54) is 0 Å². The van der Waals surface area contributed by atoms with Gasteiger partial charge < -0.3 is 5.11 Å². The standard InChI is InChI=1S/C11H16O2/c1-3-9-7-5-6-8-11(9,4-2)10(12)13/h5-9H,3-4H2,1-2H3,(H,12,13). The van der Waals surface area contributed by atoms with Gasteiger partial charge in [-0.2, -0.15) is 0 Å². The maximum atomic E-state index is 11.2. The van der Waals surface area contributed by atoms with E-state index < -0.39 is 11.4 Å². The molecule has 0 spiro atoms. The monoisotopic (exact) mass is 180 g/mol. The largest absolute Gasteiger partial charge is 0.481 e. The van der Waals surface area contributed by atoms with Crippen molar-refractivity contribution in [2.75, 3.05) is 0 Å². The van der Waals surface area contributed by atoms with Gasteiger partial charge in [-0.3, -0.25) is 4.79 Å². The van der Waals surface area contributed by atoms with Gasteiger partial charge in [0.2, 0.25) is 0 Å². The number of carboxylic acids is 1. The zero-order chi connectivity index (χ0) is 9.90. The smallest absolute Gasteiger partial charge is 0.314 e. The Hall–Kier alpha value is -1.05. The van der Waals surface area contributed by atoms with Crippen molar-refractivity contribution in [3.63, 3.8) is 0 Å². The second-order valence-electron chi connectivity index (χ2n) is 3.46. The molecule has 0 aromatic rings. The average Bonchev–Trinajstić information content (AvgIpc) is 2.17. The number of carboxylic acid groups (broad SMARTS) is 1. The Balaban J connectivity index is 3.02. The van der Waals surface area contributed by atoms with Crippen molar-refractivity contribution in [3.05, 3.63) is 24.3 Å². The Morgan fingerprint density at radius 3 is 2.54 bits per heavy atom. The van der Waals surface area contributed by atoms with E-state index in [4.69, 9.17) is 0 Å². The average molecular weight is 180 g/mol. The first-order chi connectivity index (χ1) is 6.17. The molecule has 0 aromatic carbocycles. The van der Waals surface area contributed by atoms with E-state index in [0.717, 1.165) is 6.42 Å². The van der Waals surface area contributed by atoms with Gasteiger partial charge in [-0.05, 0) is 18.8 Å². The van der Waals surface area contributed by atoms with E-state index in [1.54, 1.807) is 0 Å². The molecule has 0 bridgehead atoms. The summed E-state index contributed by atoms with van der Waals surface area (Å²) in [5, 5.41) is 9.21. The van der Waals surface area contributed by atoms with Gasteiger partial charge in [0.25, 0.3) is 0 Å². The van der Waals surface area contributed by atoms with Crippen molar-refractivity contribution >= 4 is 5.97 Å². The molecule has 0 fully saturated rings. The van der Waals surface area contributed by atoms with Crippen LogP contribution in [0.25, 0.3) is 0 Å². The molecule has 1 rings (SSSR count). The highest BCUT2D eigenvalue weighted by atomic mass is 16.4. The highest BCUT2D eigenvalue weighted by molar-refractivity contribution is 5.78. The van der Waals surface area contributed by atoms with Crippen LogP contribution in [0.1, 0.15) is 26.7 Å². The van der Waals surface area contributed by atoms with Crippen molar-refractivity contribution in [2.24, 2.45) is 11.3 Å². The molecule has 0 saturated carbocycles. The lowest BCUT2D eigenvalue weighted by Crippen LogP contribution is -2.36. The first-order valence-electron chi connectivity index (χ1n) is 4.76. The number of aliphatic carboxylic acids is 1. The van der Waals surface area contributed by atoms with Gasteiger partial charge in [0, 0.05) is 0 Å². The highest BCUT2D eigenvalue weighted by Crippen LogP contribution is 2.38. The molecule has 2 heteroatoms. The molecule has 2 nitrogen and oxygen atoms in total. The Morgan fingerprint density at radius 2 is 2.15 bits per heavy atom. The first kappa shape index (κ1) is 10.0. The lowest BCUT2D eigenvalue weighted by molar-refractivity contribution is -0.148. The molecular weight excluding hydrogens is 164 g/mol. The molecule has 2 unspecified atom stereocenters. The van der Waals surface area contributed by atoms with Gasteiger partial charge in [0.15, 0.2) is 0 Å². The fourth-order valence-corrected chi connectivity index (χ4v) is 1.98. The van der Waals surface area contributed by atoms with Crippen LogP contribution in [0.3, 0.4) is 0 Å². The van der Waals surface area contributed by atoms with Crippen molar-refractivity contribution < 1.29 is 9.90 Å². The number of hydrogen-bond acceptors (Lipinski definition) is 1. The van der Waals surface area contributed by atoms with Gasteiger partial charge >= 0.3 is 5.97 Å². The van der Waals surface area contributed by atoms with E-state index in [-0.39, 0.29) is 5.92 Å². The Bertz CT molecular complexity index is 253. The van der Waals surface area contributed by atoms with Crippen LogP contribution in [0, 0.1) is 11.3 Å². The lowest BCUT2D eigenvalue weighted by atomic mass is 9.70. The molecule has 0 aromatic heterocycles. The molecule has 1 aliphatic carbocycles.